The monoisotopic (exact) mass is 422 g/mol. The topological polar surface area (TPSA) is 40.6 Å². The minimum atomic E-state index is 0.254. The summed E-state index contributed by atoms with van der Waals surface area (Å²) in [6.07, 6.45) is 11.8. The highest BCUT2D eigenvalue weighted by Gasteiger charge is 2.57. The van der Waals surface area contributed by atoms with Crippen molar-refractivity contribution < 1.29 is 9.59 Å². The molecule has 0 spiro atoms. The van der Waals surface area contributed by atoms with E-state index in [0.29, 0.717) is 16.1 Å². The first-order valence-corrected chi connectivity index (χ1v) is 11.5. The van der Waals surface area contributed by atoms with Gasteiger partial charge in [-0.05, 0) is 68.6 Å². The van der Waals surface area contributed by atoms with E-state index in [4.69, 9.17) is 0 Å². The maximum Gasteiger partial charge on any atom is 0.225 e. The molecule has 1 aliphatic heterocycles. The van der Waals surface area contributed by atoms with Crippen LogP contribution in [0.3, 0.4) is 0 Å². The summed E-state index contributed by atoms with van der Waals surface area (Å²) in [5, 5.41) is 0. The van der Waals surface area contributed by atoms with E-state index in [1.54, 1.807) is 0 Å². The fourth-order valence-electron chi connectivity index (χ4n) is 7.07. The summed E-state index contributed by atoms with van der Waals surface area (Å²) in [6, 6.07) is 0. The average Bonchev–Trinajstić information content (AvgIpc) is 2.50. The zero-order valence-corrected chi connectivity index (χ0v) is 17.3. The lowest BCUT2D eigenvalue weighted by atomic mass is 9.48. The van der Waals surface area contributed by atoms with Crippen molar-refractivity contribution in [2.75, 3.05) is 26.2 Å². The molecule has 1 heterocycles. The number of carbonyl (C=O) groups is 2. The quantitative estimate of drug-likeness (QED) is 0.652. The van der Waals surface area contributed by atoms with Crippen molar-refractivity contribution in [1.29, 1.82) is 0 Å². The largest absolute Gasteiger partial charge is 0.339 e. The van der Waals surface area contributed by atoms with E-state index in [9.17, 15) is 9.59 Å². The van der Waals surface area contributed by atoms with E-state index in [1.807, 2.05) is 9.80 Å². The number of piperazine rings is 1. The van der Waals surface area contributed by atoms with Crippen LogP contribution in [-0.4, -0.2) is 52.1 Å². The zero-order valence-electron chi connectivity index (χ0n) is 15.7. The number of rotatable bonds is 3. The van der Waals surface area contributed by atoms with Gasteiger partial charge in [0.15, 0.2) is 0 Å². The van der Waals surface area contributed by atoms with Crippen LogP contribution < -0.4 is 0 Å². The van der Waals surface area contributed by atoms with Gasteiger partial charge < -0.3 is 9.80 Å². The molecule has 6 aliphatic rings. The number of amides is 2. The predicted octanol–water partition coefficient (Wildman–Crippen LogP) is 3.58. The van der Waals surface area contributed by atoms with E-state index in [1.165, 1.54) is 44.9 Å². The molecule has 4 bridgehead atoms. The average molecular weight is 423 g/mol. The fourth-order valence-corrected chi connectivity index (χ4v) is 8.58. The standard InChI is InChI=1S/C21H31BrN2O2/c22-21-11-15-8-16(12-21)10-20(9-15,14-21)13-18(25)23-4-6-24(7-5-23)19(26)17-2-1-3-17/h15-17H,1-14H2. The molecular weight excluding hydrogens is 392 g/mol. The van der Waals surface area contributed by atoms with Gasteiger partial charge in [-0.1, -0.05) is 22.4 Å². The number of alkyl halides is 1. The summed E-state index contributed by atoms with van der Waals surface area (Å²) in [5.41, 5.74) is 0.254. The van der Waals surface area contributed by atoms with Crippen LogP contribution in [-0.2, 0) is 9.59 Å². The summed E-state index contributed by atoms with van der Waals surface area (Å²) in [6.45, 7) is 2.95. The third-order valence-electron chi connectivity index (χ3n) is 8.04. The Balaban J connectivity index is 1.19. The number of halogens is 1. The molecule has 5 heteroatoms. The Labute approximate surface area is 165 Å². The Kier molecular flexibility index (Phi) is 4.19. The first-order chi connectivity index (χ1) is 12.4. The van der Waals surface area contributed by atoms with E-state index in [-0.39, 0.29) is 11.3 Å². The molecule has 1 saturated heterocycles. The van der Waals surface area contributed by atoms with Gasteiger partial charge >= 0.3 is 0 Å². The van der Waals surface area contributed by atoms with Crippen LogP contribution >= 0.6 is 15.9 Å². The van der Waals surface area contributed by atoms with E-state index < -0.39 is 0 Å². The first kappa shape index (κ1) is 17.5. The van der Waals surface area contributed by atoms with Gasteiger partial charge in [0.25, 0.3) is 0 Å². The molecule has 26 heavy (non-hydrogen) atoms. The molecule has 0 aromatic carbocycles. The first-order valence-electron chi connectivity index (χ1n) is 10.7. The maximum atomic E-state index is 13.1. The van der Waals surface area contributed by atoms with Gasteiger partial charge in [0, 0.05) is 42.8 Å². The van der Waals surface area contributed by atoms with Crippen LogP contribution in [0.5, 0.6) is 0 Å². The SMILES string of the molecule is O=C(CC12CC3CC(CC(Br)(C3)C1)C2)N1CCN(C(=O)C2CCC2)CC1. The molecular formula is C21H31BrN2O2. The number of carbonyl (C=O) groups excluding carboxylic acids is 2. The van der Waals surface area contributed by atoms with Crippen molar-refractivity contribution in [2.45, 2.75) is 68.5 Å². The van der Waals surface area contributed by atoms with Gasteiger partial charge in [-0.25, -0.2) is 0 Å². The van der Waals surface area contributed by atoms with Gasteiger partial charge in [-0.2, -0.15) is 0 Å². The predicted molar refractivity (Wildman–Crippen MR) is 104 cm³/mol. The van der Waals surface area contributed by atoms with Crippen molar-refractivity contribution >= 4 is 27.7 Å². The molecule has 0 aromatic heterocycles. The van der Waals surface area contributed by atoms with Gasteiger partial charge in [-0.3, -0.25) is 9.59 Å². The van der Waals surface area contributed by atoms with Gasteiger partial charge in [0.05, 0.1) is 0 Å². The third-order valence-corrected chi connectivity index (χ3v) is 8.96. The Morgan fingerprint density at radius 2 is 1.54 bits per heavy atom. The van der Waals surface area contributed by atoms with Crippen LogP contribution in [0.25, 0.3) is 0 Å². The van der Waals surface area contributed by atoms with Crippen molar-refractivity contribution in [3.63, 3.8) is 0 Å². The molecule has 6 rings (SSSR count). The van der Waals surface area contributed by atoms with Crippen molar-refractivity contribution in [2.24, 2.45) is 23.2 Å². The highest BCUT2D eigenvalue weighted by atomic mass is 79.9. The molecule has 2 amide bonds. The van der Waals surface area contributed by atoms with Gasteiger partial charge in [0.2, 0.25) is 11.8 Å². The summed E-state index contributed by atoms with van der Waals surface area (Å²) >= 11 is 4.06. The molecule has 2 unspecified atom stereocenters. The van der Waals surface area contributed by atoms with E-state index in [2.05, 4.69) is 15.9 Å². The second-order valence-electron chi connectivity index (χ2n) is 10.1. The number of hydrogen-bond acceptors (Lipinski definition) is 2. The molecule has 0 radical (unpaired) electrons. The molecule has 4 nitrogen and oxygen atoms in total. The lowest BCUT2D eigenvalue weighted by Crippen LogP contribution is -2.56. The highest BCUT2D eigenvalue weighted by Crippen LogP contribution is 2.65. The summed E-state index contributed by atoms with van der Waals surface area (Å²) < 4.78 is 0.325. The number of hydrogen-bond donors (Lipinski definition) is 0. The van der Waals surface area contributed by atoms with Crippen LogP contribution in [0.4, 0.5) is 0 Å². The maximum absolute atomic E-state index is 13.1. The highest BCUT2D eigenvalue weighted by molar-refractivity contribution is 9.10. The minimum Gasteiger partial charge on any atom is -0.339 e. The normalized spacial score (nSPS) is 42.0. The molecule has 5 aliphatic carbocycles. The molecule has 6 fully saturated rings. The lowest BCUT2D eigenvalue weighted by Gasteiger charge is -2.60. The molecule has 144 valence electrons. The smallest absolute Gasteiger partial charge is 0.225 e. The second-order valence-corrected chi connectivity index (χ2v) is 11.8. The molecule has 5 saturated carbocycles. The fraction of sp³-hybridized carbons (Fsp3) is 0.905. The van der Waals surface area contributed by atoms with Crippen LogP contribution in [0.15, 0.2) is 0 Å². The third kappa shape index (κ3) is 3.02. The Morgan fingerprint density at radius 3 is 2.08 bits per heavy atom. The van der Waals surface area contributed by atoms with Crippen molar-refractivity contribution in [1.82, 2.24) is 9.80 Å². The van der Waals surface area contributed by atoms with Crippen LogP contribution in [0.1, 0.15) is 64.2 Å². The number of nitrogens with zero attached hydrogens (tertiary/aromatic N) is 2. The van der Waals surface area contributed by atoms with Crippen molar-refractivity contribution in [3.05, 3.63) is 0 Å². The minimum absolute atomic E-state index is 0.254. The van der Waals surface area contributed by atoms with Crippen LogP contribution in [0.2, 0.25) is 0 Å². The lowest BCUT2D eigenvalue weighted by molar-refractivity contribution is -0.146. The molecule has 0 aromatic rings. The summed E-state index contributed by atoms with van der Waals surface area (Å²) in [4.78, 5) is 29.5. The molecule has 0 N–H and O–H groups in total. The Hall–Kier alpha value is -0.580. The summed E-state index contributed by atoms with van der Waals surface area (Å²) in [5.74, 6) is 2.63. The van der Waals surface area contributed by atoms with Gasteiger partial charge in [-0.15, -0.1) is 0 Å². The Morgan fingerprint density at radius 1 is 0.923 bits per heavy atom. The van der Waals surface area contributed by atoms with Gasteiger partial charge in [0.1, 0.15) is 0 Å². The second kappa shape index (κ2) is 6.22. The zero-order chi connectivity index (χ0) is 17.9. The van der Waals surface area contributed by atoms with E-state index >= 15 is 0 Å². The van der Waals surface area contributed by atoms with Crippen molar-refractivity contribution in [3.8, 4) is 0 Å². The van der Waals surface area contributed by atoms with E-state index in [0.717, 1.165) is 57.3 Å². The Bertz CT molecular complexity index is 595. The van der Waals surface area contributed by atoms with Crippen LogP contribution in [0, 0.1) is 23.2 Å². The summed E-state index contributed by atoms with van der Waals surface area (Å²) in [7, 11) is 0. The molecule has 2 atom stereocenters.